The van der Waals surface area contributed by atoms with Gasteiger partial charge < -0.3 is 17.7 Å². The van der Waals surface area contributed by atoms with Gasteiger partial charge >= 0.3 is 0 Å². The maximum atomic E-state index is 6.39. The van der Waals surface area contributed by atoms with E-state index in [0.717, 1.165) is 89.0 Å². The van der Waals surface area contributed by atoms with Crippen molar-refractivity contribution in [1.82, 2.24) is 0 Å². The molecule has 1 aliphatic rings. The minimum absolute atomic E-state index is 0.226. The molecule has 0 saturated carbocycles. The van der Waals surface area contributed by atoms with Crippen LogP contribution in [0.25, 0.3) is 82.9 Å². The van der Waals surface area contributed by atoms with Crippen LogP contribution in [0.5, 0.6) is 0 Å². The summed E-state index contributed by atoms with van der Waals surface area (Å²) < 4.78 is 25.2. The summed E-state index contributed by atoms with van der Waals surface area (Å²) in [5.74, 6) is 1.14. The van der Waals surface area contributed by atoms with E-state index >= 15 is 0 Å². The molecule has 0 saturated heterocycles. The summed E-state index contributed by atoms with van der Waals surface area (Å²) in [6, 6.07) is 31.5. The zero-order chi connectivity index (χ0) is 25.9. The quantitative estimate of drug-likeness (QED) is 0.218. The molecule has 188 valence electrons. The molecular formula is C36H20O4. The van der Waals surface area contributed by atoms with Crippen LogP contribution in [0.4, 0.5) is 0 Å². The van der Waals surface area contributed by atoms with Crippen LogP contribution in [0.1, 0.15) is 22.8 Å². The lowest BCUT2D eigenvalue weighted by Crippen LogP contribution is -2.04. The van der Waals surface area contributed by atoms with Gasteiger partial charge in [0.05, 0.1) is 0 Å². The Morgan fingerprint density at radius 2 is 1.02 bits per heavy atom. The molecule has 0 aliphatic heterocycles. The second-order valence-electron chi connectivity index (χ2n) is 10.8. The van der Waals surface area contributed by atoms with Crippen LogP contribution in [0.2, 0.25) is 0 Å². The Morgan fingerprint density at radius 1 is 0.475 bits per heavy atom. The van der Waals surface area contributed by atoms with Gasteiger partial charge in [0.25, 0.3) is 0 Å². The molecule has 40 heavy (non-hydrogen) atoms. The van der Waals surface area contributed by atoms with E-state index in [-0.39, 0.29) is 5.92 Å². The fourth-order valence-corrected chi connectivity index (χ4v) is 6.74. The third-order valence-electron chi connectivity index (χ3n) is 8.68. The Hall–Kier alpha value is -5.22. The first-order valence-electron chi connectivity index (χ1n) is 13.6. The van der Waals surface area contributed by atoms with Gasteiger partial charge in [-0.1, -0.05) is 48.5 Å². The first-order valence-corrected chi connectivity index (χ1v) is 13.6. The molecule has 0 amide bonds. The number of benzene rings is 5. The minimum atomic E-state index is 0.226. The molecule has 0 bridgehead atoms. The highest BCUT2D eigenvalue weighted by atomic mass is 16.4. The van der Waals surface area contributed by atoms with E-state index in [0.29, 0.717) is 0 Å². The Bertz CT molecular complexity index is 2530. The first kappa shape index (κ1) is 20.7. The van der Waals surface area contributed by atoms with Crippen LogP contribution >= 0.6 is 0 Å². The Balaban J connectivity index is 1.10. The number of furan rings is 4. The zero-order valence-electron chi connectivity index (χ0n) is 21.2. The fourth-order valence-electron chi connectivity index (χ4n) is 6.74. The van der Waals surface area contributed by atoms with E-state index in [4.69, 9.17) is 17.7 Å². The number of rotatable bonds is 1. The van der Waals surface area contributed by atoms with Crippen molar-refractivity contribution in [3.63, 3.8) is 0 Å². The molecule has 0 N–H and O–H groups in total. The second kappa shape index (κ2) is 7.25. The van der Waals surface area contributed by atoms with Crippen molar-refractivity contribution in [2.45, 2.75) is 12.3 Å². The van der Waals surface area contributed by atoms with E-state index in [1.807, 2.05) is 36.4 Å². The zero-order valence-corrected chi connectivity index (χ0v) is 21.2. The number of allylic oxidation sites excluding steroid dienone is 1. The molecule has 1 unspecified atom stereocenters. The second-order valence-corrected chi connectivity index (χ2v) is 10.8. The van der Waals surface area contributed by atoms with Crippen molar-refractivity contribution in [1.29, 1.82) is 0 Å². The molecule has 0 fully saturated rings. The molecule has 0 spiro atoms. The van der Waals surface area contributed by atoms with Gasteiger partial charge in [-0.15, -0.1) is 0 Å². The molecule has 10 rings (SSSR count). The molecule has 4 nitrogen and oxygen atoms in total. The average Bonchev–Trinajstić information content (AvgIpc) is 3.75. The normalized spacial score (nSPS) is 15.6. The third-order valence-corrected chi connectivity index (χ3v) is 8.68. The Labute approximate surface area is 226 Å². The minimum Gasteiger partial charge on any atom is -0.452 e. The van der Waals surface area contributed by atoms with E-state index in [2.05, 4.69) is 66.7 Å². The standard InChI is InChI=1S/C36H20O4/c1-3-7-29-21(5-1)23-11-13-25-27-17-19(9-15-31(27)39-35(25)33(23)37-29)20-10-16-32-28(18-20)26-14-12-24-22-6-2-4-8-30(22)38-34(24)36(26)40-32/h1-17,20H,18H2. The Morgan fingerprint density at radius 3 is 1.70 bits per heavy atom. The van der Waals surface area contributed by atoms with E-state index < -0.39 is 0 Å². The summed E-state index contributed by atoms with van der Waals surface area (Å²) in [7, 11) is 0. The Kier molecular flexibility index (Phi) is 3.75. The van der Waals surface area contributed by atoms with Gasteiger partial charge in [0.15, 0.2) is 22.3 Å². The molecule has 5 aromatic carbocycles. The number of para-hydroxylation sites is 2. The lowest BCUT2D eigenvalue weighted by molar-refractivity contribution is 0.581. The van der Waals surface area contributed by atoms with Gasteiger partial charge in [-0.2, -0.15) is 0 Å². The van der Waals surface area contributed by atoms with Gasteiger partial charge in [0.2, 0.25) is 0 Å². The van der Waals surface area contributed by atoms with Crippen molar-refractivity contribution < 1.29 is 17.7 Å². The van der Waals surface area contributed by atoms with Crippen molar-refractivity contribution >= 4 is 82.9 Å². The van der Waals surface area contributed by atoms with Gasteiger partial charge in [-0.3, -0.25) is 0 Å². The first-order chi connectivity index (χ1) is 19.8. The SMILES string of the molecule is C1=CC(c2ccc3oc4c(ccc5c6ccccc6oc54)c3c2)Cc2c1oc1c2ccc2c3ccccc3oc21. The molecule has 0 radical (unpaired) electrons. The number of fused-ring (bicyclic) bond motifs is 14. The highest BCUT2D eigenvalue weighted by molar-refractivity contribution is 6.19. The number of hydrogen-bond donors (Lipinski definition) is 0. The van der Waals surface area contributed by atoms with E-state index in [9.17, 15) is 0 Å². The molecule has 1 atom stereocenters. The molecule has 4 aromatic heterocycles. The highest BCUT2D eigenvalue weighted by Gasteiger charge is 2.25. The van der Waals surface area contributed by atoms with Crippen LogP contribution in [0, 0.1) is 0 Å². The smallest absolute Gasteiger partial charge is 0.178 e. The third kappa shape index (κ3) is 2.60. The predicted octanol–water partition coefficient (Wildman–Crippen LogP) is 10.5. The van der Waals surface area contributed by atoms with Gasteiger partial charge in [0, 0.05) is 49.2 Å². The summed E-state index contributed by atoms with van der Waals surface area (Å²) in [5.41, 5.74) is 8.37. The largest absolute Gasteiger partial charge is 0.452 e. The molecular weight excluding hydrogens is 496 g/mol. The van der Waals surface area contributed by atoms with Crippen molar-refractivity contribution in [2.24, 2.45) is 0 Å². The fraction of sp³-hybridized carbons (Fsp3) is 0.0556. The van der Waals surface area contributed by atoms with Crippen LogP contribution < -0.4 is 0 Å². The van der Waals surface area contributed by atoms with Crippen molar-refractivity contribution in [3.05, 3.63) is 114 Å². The maximum absolute atomic E-state index is 6.39. The topological polar surface area (TPSA) is 52.6 Å². The van der Waals surface area contributed by atoms with Gasteiger partial charge in [0.1, 0.15) is 22.5 Å². The summed E-state index contributed by atoms with van der Waals surface area (Å²) in [6.07, 6.45) is 5.23. The van der Waals surface area contributed by atoms with E-state index in [1.54, 1.807) is 0 Å². The van der Waals surface area contributed by atoms with Crippen LogP contribution in [0.15, 0.2) is 115 Å². The maximum Gasteiger partial charge on any atom is 0.178 e. The average molecular weight is 517 g/mol. The summed E-state index contributed by atoms with van der Waals surface area (Å²) in [5, 5.41) is 7.69. The summed E-state index contributed by atoms with van der Waals surface area (Å²) >= 11 is 0. The molecule has 4 heterocycles. The van der Waals surface area contributed by atoms with Crippen LogP contribution in [-0.4, -0.2) is 0 Å². The van der Waals surface area contributed by atoms with E-state index in [1.165, 1.54) is 11.1 Å². The van der Waals surface area contributed by atoms with Crippen LogP contribution in [0.3, 0.4) is 0 Å². The summed E-state index contributed by atoms with van der Waals surface area (Å²) in [4.78, 5) is 0. The van der Waals surface area contributed by atoms with Crippen molar-refractivity contribution in [3.8, 4) is 0 Å². The van der Waals surface area contributed by atoms with Crippen LogP contribution in [-0.2, 0) is 6.42 Å². The van der Waals surface area contributed by atoms with Gasteiger partial charge in [-0.05, 0) is 66.6 Å². The lowest BCUT2D eigenvalue weighted by Gasteiger charge is -2.17. The monoisotopic (exact) mass is 516 g/mol. The molecule has 9 aromatic rings. The molecule has 4 heteroatoms. The van der Waals surface area contributed by atoms with Crippen molar-refractivity contribution in [2.75, 3.05) is 0 Å². The molecule has 1 aliphatic carbocycles. The predicted molar refractivity (Wildman–Crippen MR) is 160 cm³/mol. The lowest BCUT2D eigenvalue weighted by atomic mass is 9.86. The number of hydrogen-bond acceptors (Lipinski definition) is 4. The van der Waals surface area contributed by atoms with Gasteiger partial charge in [-0.25, -0.2) is 0 Å². The highest BCUT2D eigenvalue weighted by Crippen LogP contribution is 2.43. The summed E-state index contributed by atoms with van der Waals surface area (Å²) in [6.45, 7) is 0.